The molecule has 0 aliphatic heterocycles. The number of rotatable bonds is 7. The van der Waals surface area contributed by atoms with Gasteiger partial charge in [0.2, 0.25) is 0 Å². The predicted molar refractivity (Wildman–Crippen MR) is 83.6 cm³/mol. The Hall–Kier alpha value is -2.04. The van der Waals surface area contributed by atoms with Gasteiger partial charge in [-0.2, -0.15) is 0 Å². The number of hydrogen-bond acceptors (Lipinski definition) is 2. The Kier molecular flexibility index (Phi) is 6.72. The van der Waals surface area contributed by atoms with E-state index >= 15 is 0 Å². The Morgan fingerprint density at radius 3 is 2.33 bits per heavy atom. The average Bonchev–Trinajstić information content (AvgIpc) is 2.46. The van der Waals surface area contributed by atoms with Gasteiger partial charge in [0.25, 0.3) is 0 Å². The Morgan fingerprint density at radius 1 is 1.24 bits per heavy atom. The molecular weight excluding hydrogens is 268 g/mol. The number of carboxylic acid groups (broad SMARTS) is 1. The molecule has 2 N–H and O–H groups in total. The Morgan fingerprint density at radius 2 is 1.86 bits per heavy atom. The number of nitrogens with one attached hydrogen (secondary N) is 1. The summed E-state index contributed by atoms with van der Waals surface area (Å²) in [4.78, 5) is 24.9. The first-order valence-electron chi connectivity index (χ1n) is 7.34. The molecule has 5 nitrogen and oxygen atoms in total. The van der Waals surface area contributed by atoms with Crippen molar-refractivity contribution in [2.45, 2.75) is 33.6 Å². The van der Waals surface area contributed by atoms with E-state index in [9.17, 15) is 9.59 Å². The van der Waals surface area contributed by atoms with Gasteiger partial charge in [-0.15, -0.1) is 0 Å². The van der Waals surface area contributed by atoms with E-state index in [1.807, 2.05) is 45.0 Å². The molecule has 0 aromatic heterocycles. The van der Waals surface area contributed by atoms with Gasteiger partial charge in [0.1, 0.15) is 0 Å². The van der Waals surface area contributed by atoms with E-state index < -0.39 is 11.9 Å². The first kappa shape index (κ1) is 17.0. The molecule has 1 aromatic rings. The Bertz CT molecular complexity index is 471. The number of urea groups is 1. The number of hydrogen-bond donors (Lipinski definition) is 2. The summed E-state index contributed by atoms with van der Waals surface area (Å²) >= 11 is 0. The zero-order valence-corrected chi connectivity index (χ0v) is 12.9. The normalized spacial score (nSPS) is 11.8. The zero-order valence-electron chi connectivity index (χ0n) is 12.9. The number of amides is 2. The molecule has 5 heteroatoms. The van der Waals surface area contributed by atoms with Gasteiger partial charge >= 0.3 is 12.0 Å². The van der Waals surface area contributed by atoms with E-state index in [0.29, 0.717) is 13.0 Å². The van der Waals surface area contributed by atoms with Crippen molar-refractivity contribution < 1.29 is 14.7 Å². The van der Waals surface area contributed by atoms with Crippen LogP contribution in [0.4, 0.5) is 10.5 Å². The van der Waals surface area contributed by atoms with Crippen molar-refractivity contribution in [3.05, 3.63) is 29.8 Å². The number of carboxylic acids is 1. The molecule has 0 saturated heterocycles. The summed E-state index contributed by atoms with van der Waals surface area (Å²) in [5.41, 5.74) is 1.94. The first-order chi connectivity index (χ1) is 9.99. The van der Waals surface area contributed by atoms with Crippen LogP contribution in [0.1, 0.15) is 32.3 Å². The van der Waals surface area contributed by atoms with Crippen molar-refractivity contribution in [3.63, 3.8) is 0 Å². The minimum absolute atomic E-state index is 0.157. The monoisotopic (exact) mass is 292 g/mol. The van der Waals surface area contributed by atoms with Crippen LogP contribution < -0.4 is 10.2 Å². The van der Waals surface area contributed by atoms with Gasteiger partial charge in [-0.3, -0.25) is 9.69 Å². The van der Waals surface area contributed by atoms with E-state index in [1.54, 1.807) is 4.90 Å². The molecular formula is C16H24N2O3. The average molecular weight is 292 g/mol. The largest absolute Gasteiger partial charge is 0.481 e. The summed E-state index contributed by atoms with van der Waals surface area (Å²) in [6, 6.07) is 7.41. The van der Waals surface area contributed by atoms with Crippen LogP contribution in [0.3, 0.4) is 0 Å². The number of carbonyl (C=O) groups is 2. The van der Waals surface area contributed by atoms with E-state index in [0.717, 1.165) is 17.7 Å². The summed E-state index contributed by atoms with van der Waals surface area (Å²) in [5.74, 6) is -1.40. The minimum atomic E-state index is -0.865. The van der Waals surface area contributed by atoms with Crippen LogP contribution >= 0.6 is 0 Å². The summed E-state index contributed by atoms with van der Waals surface area (Å²) in [7, 11) is 0. The van der Waals surface area contributed by atoms with Crippen LogP contribution in [0, 0.1) is 12.8 Å². The summed E-state index contributed by atoms with van der Waals surface area (Å²) < 4.78 is 0. The number of carbonyl (C=O) groups excluding carboxylic acids is 1. The fourth-order valence-electron chi connectivity index (χ4n) is 2.14. The van der Waals surface area contributed by atoms with Crippen LogP contribution in [0.25, 0.3) is 0 Å². The molecule has 1 atom stereocenters. The smallest absolute Gasteiger partial charge is 0.321 e. The topological polar surface area (TPSA) is 69.6 Å². The van der Waals surface area contributed by atoms with Gasteiger partial charge in [-0.05, 0) is 32.4 Å². The molecule has 0 aliphatic rings. The van der Waals surface area contributed by atoms with Gasteiger partial charge in [0, 0.05) is 18.8 Å². The number of nitrogens with zero attached hydrogens (tertiary/aromatic N) is 1. The molecule has 0 saturated carbocycles. The predicted octanol–water partition coefficient (Wildman–Crippen LogP) is 3.03. The van der Waals surface area contributed by atoms with E-state index in [2.05, 4.69) is 5.32 Å². The van der Waals surface area contributed by atoms with Gasteiger partial charge in [-0.1, -0.05) is 31.0 Å². The van der Waals surface area contributed by atoms with Gasteiger partial charge in [0.15, 0.2) is 0 Å². The maximum absolute atomic E-state index is 12.2. The third kappa shape index (κ3) is 5.10. The zero-order chi connectivity index (χ0) is 15.8. The molecule has 21 heavy (non-hydrogen) atoms. The minimum Gasteiger partial charge on any atom is -0.481 e. The molecule has 1 rings (SSSR count). The molecule has 116 valence electrons. The molecule has 0 bridgehead atoms. The number of aliphatic carboxylic acids is 1. The molecule has 0 aliphatic carbocycles. The Labute approximate surface area is 126 Å². The van der Waals surface area contributed by atoms with Crippen LogP contribution in [0.15, 0.2) is 24.3 Å². The highest BCUT2D eigenvalue weighted by molar-refractivity contribution is 5.92. The van der Waals surface area contributed by atoms with E-state index in [1.165, 1.54) is 0 Å². The van der Waals surface area contributed by atoms with Crippen LogP contribution in [0.5, 0.6) is 0 Å². The fraction of sp³-hybridized carbons (Fsp3) is 0.500. The SMILES string of the molecule is CCCC(CNC(=O)N(CC)c1ccc(C)cc1)C(=O)O. The fourth-order valence-corrected chi connectivity index (χ4v) is 2.14. The van der Waals surface area contributed by atoms with Crippen LogP contribution in [-0.4, -0.2) is 30.2 Å². The van der Waals surface area contributed by atoms with Crippen molar-refractivity contribution in [2.75, 3.05) is 18.0 Å². The highest BCUT2D eigenvalue weighted by Crippen LogP contribution is 2.15. The van der Waals surface area contributed by atoms with Crippen LogP contribution in [-0.2, 0) is 4.79 Å². The lowest BCUT2D eigenvalue weighted by molar-refractivity contribution is -0.141. The first-order valence-corrected chi connectivity index (χ1v) is 7.34. The number of benzene rings is 1. The summed E-state index contributed by atoms with van der Waals surface area (Å²) in [5, 5.41) is 11.8. The molecule has 0 spiro atoms. The third-order valence-corrected chi connectivity index (χ3v) is 3.39. The van der Waals surface area contributed by atoms with Crippen molar-refractivity contribution in [3.8, 4) is 0 Å². The lowest BCUT2D eigenvalue weighted by atomic mass is 10.0. The van der Waals surface area contributed by atoms with Crippen molar-refractivity contribution in [1.29, 1.82) is 0 Å². The third-order valence-electron chi connectivity index (χ3n) is 3.39. The Balaban J connectivity index is 2.67. The molecule has 2 amide bonds. The molecule has 0 fully saturated rings. The van der Waals surface area contributed by atoms with Crippen molar-refractivity contribution >= 4 is 17.7 Å². The second-order valence-electron chi connectivity index (χ2n) is 5.09. The molecule has 0 radical (unpaired) electrons. The second kappa shape index (κ2) is 8.29. The lowest BCUT2D eigenvalue weighted by Gasteiger charge is -2.23. The highest BCUT2D eigenvalue weighted by atomic mass is 16.4. The molecule has 1 aromatic carbocycles. The van der Waals surface area contributed by atoms with E-state index in [4.69, 9.17) is 5.11 Å². The maximum atomic E-state index is 12.2. The van der Waals surface area contributed by atoms with Crippen molar-refractivity contribution in [1.82, 2.24) is 5.32 Å². The van der Waals surface area contributed by atoms with Crippen LogP contribution in [0.2, 0.25) is 0 Å². The van der Waals surface area contributed by atoms with Gasteiger partial charge in [0.05, 0.1) is 5.92 Å². The van der Waals surface area contributed by atoms with E-state index in [-0.39, 0.29) is 12.6 Å². The molecule has 0 heterocycles. The van der Waals surface area contributed by atoms with Gasteiger partial charge in [-0.25, -0.2) is 4.79 Å². The maximum Gasteiger partial charge on any atom is 0.321 e. The lowest BCUT2D eigenvalue weighted by Crippen LogP contribution is -2.43. The quantitative estimate of drug-likeness (QED) is 0.811. The summed E-state index contributed by atoms with van der Waals surface area (Å²) in [6.45, 7) is 6.50. The molecule has 1 unspecified atom stereocenters. The number of anilines is 1. The number of aryl methyl sites for hydroxylation is 1. The summed E-state index contributed by atoms with van der Waals surface area (Å²) in [6.07, 6.45) is 1.34. The second-order valence-corrected chi connectivity index (χ2v) is 5.09. The standard InChI is InChI=1S/C16H24N2O3/c1-4-6-13(15(19)20)11-17-16(21)18(5-2)14-9-7-12(3)8-10-14/h7-10,13H,4-6,11H2,1-3H3,(H,17,21)(H,19,20). The highest BCUT2D eigenvalue weighted by Gasteiger charge is 2.19. The van der Waals surface area contributed by atoms with Gasteiger partial charge < -0.3 is 10.4 Å². The van der Waals surface area contributed by atoms with Crippen molar-refractivity contribution in [2.24, 2.45) is 5.92 Å².